The first-order valence-corrected chi connectivity index (χ1v) is 4.68. The Kier molecular flexibility index (Phi) is 2.08. The average Bonchev–Trinajstić information content (AvgIpc) is 2.99. The molecule has 1 aliphatic rings. The van der Waals surface area contributed by atoms with E-state index < -0.39 is 5.41 Å². The van der Waals surface area contributed by atoms with Gasteiger partial charge in [0.05, 0.1) is 12.7 Å². The summed E-state index contributed by atoms with van der Waals surface area (Å²) >= 11 is 0. The fraction of sp³-hybridized carbons (Fsp3) is 0.500. The van der Waals surface area contributed by atoms with Crippen molar-refractivity contribution in [1.29, 1.82) is 5.26 Å². The Morgan fingerprint density at radius 3 is 3.00 bits per heavy atom. The molecular weight excluding hydrogens is 178 g/mol. The molecular formula is C10H11N3O. The summed E-state index contributed by atoms with van der Waals surface area (Å²) in [6.07, 6.45) is 3.36. The minimum atomic E-state index is -0.424. The quantitative estimate of drug-likeness (QED) is 0.721. The third kappa shape index (κ3) is 1.41. The van der Waals surface area contributed by atoms with Crippen LogP contribution in [-0.4, -0.2) is 16.6 Å². The Morgan fingerprint density at radius 2 is 2.43 bits per heavy atom. The predicted molar refractivity (Wildman–Crippen MR) is 49.7 cm³/mol. The summed E-state index contributed by atoms with van der Waals surface area (Å²) in [5.41, 5.74) is -0.424. The summed E-state index contributed by atoms with van der Waals surface area (Å²) in [6, 6.07) is 3.97. The van der Waals surface area contributed by atoms with Gasteiger partial charge in [0, 0.05) is 12.3 Å². The van der Waals surface area contributed by atoms with Crippen molar-refractivity contribution in [3.63, 3.8) is 0 Å². The van der Waals surface area contributed by atoms with Crippen LogP contribution in [0.3, 0.4) is 0 Å². The predicted octanol–water partition coefficient (Wildman–Crippen LogP) is 1.43. The van der Waals surface area contributed by atoms with Crippen LogP contribution in [0.4, 0.5) is 0 Å². The third-order valence-electron chi connectivity index (χ3n) is 2.31. The fourth-order valence-electron chi connectivity index (χ4n) is 1.31. The van der Waals surface area contributed by atoms with Crippen molar-refractivity contribution < 1.29 is 4.74 Å². The number of aromatic nitrogens is 2. The molecule has 4 heteroatoms. The number of hydrogen-bond donors (Lipinski definition) is 0. The van der Waals surface area contributed by atoms with Crippen molar-refractivity contribution in [3.8, 4) is 11.9 Å². The molecule has 4 nitrogen and oxygen atoms in total. The largest absolute Gasteiger partial charge is 0.478 e. The molecule has 0 radical (unpaired) electrons. The van der Waals surface area contributed by atoms with E-state index in [4.69, 9.17) is 10.00 Å². The van der Waals surface area contributed by atoms with Crippen molar-refractivity contribution in [2.75, 3.05) is 6.61 Å². The molecule has 1 aromatic heterocycles. The van der Waals surface area contributed by atoms with Gasteiger partial charge in [-0.15, -0.1) is 0 Å². The van der Waals surface area contributed by atoms with Crippen LogP contribution in [0.25, 0.3) is 0 Å². The molecule has 0 atom stereocenters. The number of nitrogens with zero attached hydrogens (tertiary/aromatic N) is 3. The maximum atomic E-state index is 8.96. The number of ether oxygens (including phenoxy) is 1. The monoisotopic (exact) mass is 189 g/mol. The van der Waals surface area contributed by atoms with Crippen LogP contribution in [0.5, 0.6) is 5.88 Å². The third-order valence-corrected chi connectivity index (χ3v) is 2.31. The Bertz CT molecular complexity index is 379. The minimum Gasteiger partial charge on any atom is -0.478 e. The molecule has 1 fully saturated rings. The van der Waals surface area contributed by atoms with Crippen LogP contribution >= 0.6 is 0 Å². The summed E-state index contributed by atoms with van der Waals surface area (Å²) in [4.78, 5) is 8.32. The lowest BCUT2D eigenvalue weighted by atomic mass is 10.1. The van der Waals surface area contributed by atoms with Crippen LogP contribution in [0.15, 0.2) is 12.3 Å². The molecule has 0 amide bonds. The Hall–Kier alpha value is -1.63. The van der Waals surface area contributed by atoms with E-state index in [1.54, 1.807) is 12.3 Å². The summed E-state index contributed by atoms with van der Waals surface area (Å²) in [5, 5.41) is 8.96. The zero-order valence-corrected chi connectivity index (χ0v) is 8.03. The van der Waals surface area contributed by atoms with Crippen LogP contribution in [0.1, 0.15) is 25.6 Å². The zero-order chi connectivity index (χ0) is 10.0. The molecule has 0 aromatic carbocycles. The molecule has 1 aliphatic carbocycles. The molecule has 0 N–H and O–H groups in total. The van der Waals surface area contributed by atoms with E-state index in [0.717, 1.165) is 12.8 Å². The van der Waals surface area contributed by atoms with Gasteiger partial charge < -0.3 is 4.74 Å². The Balaban J connectivity index is 2.27. The molecule has 2 rings (SSSR count). The number of nitriles is 1. The minimum absolute atomic E-state index is 0.424. The average molecular weight is 189 g/mol. The lowest BCUT2D eigenvalue weighted by molar-refractivity contribution is 0.324. The molecule has 72 valence electrons. The summed E-state index contributed by atoms with van der Waals surface area (Å²) in [5.74, 6) is 1.16. The molecule has 0 spiro atoms. The number of hydrogen-bond acceptors (Lipinski definition) is 4. The molecule has 0 bridgehead atoms. The van der Waals surface area contributed by atoms with Crippen LogP contribution in [0.2, 0.25) is 0 Å². The normalized spacial score (nSPS) is 17.1. The summed E-state index contributed by atoms with van der Waals surface area (Å²) in [6.45, 7) is 2.48. The van der Waals surface area contributed by atoms with Crippen LogP contribution in [0, 0.1) is 11.3 Å². The second-order valence-corrected chi connectivity index (χ2v) is 3.35. The van der Waals surface area contributed by atoms with Gasteiger partial charge in [-0.05, 0) is 19.8 Å². The van der Waals surface area contributed by atoms with E-state index in [-0.39, 0.29) is 0 Å². The Morgan fingerprint density at radius 1 is 1.64 bits per heavy atom. The highest BCUT2D eigenvalue weighted by molar-refractivity contribution is 5.30. The van der Waals surface area contributed by atoms with Crippen molar-refractivity contribution in [3.05, 3.63) is 18.1 Å². The van der Waals surface area contributed by atoms with Crippen LogP contribution in [-0.2, 0) is 5.41 Å². The summed E-state index contributed by atoms with van der Waals surface area (Å²) < 4.78 is 5.25. The van der Waals surface area contributed by atoms with Gasteiger partial charge in [0.15, 0.2) is 5.82 Å². The van der Waals surface area contributed by atoms with E-state index in [0.29, 0.717) is 18.3 Å². The highest BCUT2D eigenvalue weighted by Crippen LogP contribution is 2.45. The lowest BCUT2D eigenvalue weighted by Crippen LogP contribution is -2.09. The first-order valence-electron chi connectivity index (χ1n) is 4.68. The maximum absolute atomic E-state index is 8.96. The topological polar surface area (TPSA) is 58.8 Å². The lowest BCUT2D eigenvalue weighted by Gasteiger charge is -2.06. The highest BCUT2D eigenvalue weighted by atomic mass is 16.5. The maximum Gasteiger partial charge on any atom is 0.216 e. The second kappa shape index (κ2) is 3.26. The van der Waals surface area contributed by atoms with Gasteiger partial charge in [0.2, 0.25) is 5.88 Å². The van der Waals surface area contributed by atoms with Gasteiger partial charge in [-0.1, -0.05) is 0 Å². The molecule has 14 heavy (non-hydrogen) atoms. The van der Waals surface area contributed by atoms with Crippen LogP contribution < -0.4 is 4.74 Å². The van der Waals surface area contributed by atoms with E-state index in [9.17, 15) is 0 Å². The van der Waals surface area contributed by atoms with Crippen molar-refractivity contribution in [2.24, 2.45) is 0 Å². The molecule has 1 aromatic rings. The fourth-order valence-corrected chi connectivity index (χ4v) is 1.31. The van der Waals surface area contributed by atoms with Gasteiger partial charge in [0.1, 0.15) is 5.41 Å². The summed E-state index contributed by atoms with van der Waals surface area (Å²) in [7, 11) is 0. The van der Waals surface area contributed by atoms with Gasteiger partial charge >= 0.3 is 0 Å². The van der Waals surface area contributed by atoms with E-state index >= 15 is 0 Å². The SMILES string of the molecule is CCOc1ccnc(C2(C#N)CC2)n1. The van der Waals surface area contributed by atoms with Gasteiger partial charge in [-0.2, -0.15) is 10.2 Å². The molecule has 0 unspecified atom stereocenters. The standard InChI is InChI=1S/C10H11N3O/c1-2-14-8-3-6-12-9(13-8)10(7-11)4-5-10/h3,6H,2,4-5H2,1H3. The van der Waals surface area contributed by atoms with Gasteiger partial charge in [-0.3, -0.25) is 0 Å². The Labute approximate surface area is 82.6 Å². The van der Waals surface area contributed by atoms with E-state index in [1.165, 1.54) is 0 Å². The van der Waals surface area contributed by atoms with Gasteiger partial charge in [-0.25, -0.2) is 4.98 Å². The van der Waals surface area contributed by atoms with Crippen molar-refractivity contribution in [1.82, 2.24) is 9.97 Å². The van der Waals surface area contributed by atoms with E-state index in [2.05, 4.69) is 16.0 Å². The van der Waals surface area contributed by atoms with Gasteiger partial charge in [0.25, 0.3) is 0 Å². The van der Waals surface area contributed by atoms with Crippen molar-refractivity contribution in [2.45, 2.75) is 25.2 Å². The van der Waals surface area contributed by atoms with E-state index in [1.807, 2.05) is 6.92 Å². The van der Waals surface area contributed by atoms with Crippen molar-refractivity contribution >= 4 is 0 Å². The molecule has 1 saturated carbocycles. The zero-order valence-electron chi connectivity index (χ0n) is 8.03. The first kappa shape index (κ1) is 8.95. The molecule has 0 aliphatic heterocycles. The number of rotatable bonds is 3. The highest BCUT2D eigenvalue weighted by Gasteiger charge is 2.48. The molecule has 1 heterocycles. The second-order valence-electron chi connectivity index (χ2n) is 3.35. The first-order chi connectivity index (χ1) is 6.80. The molecule has 0 saturated heterocycles. The smallest absolute Gasteiger partial charge is 0.216 e.